The van der Waals surface area contributed by atoms with Crippen LogP contribution in [0.25, 0.3) is 0 Å². The minimum absolute atomic E-state index is 0.314. The molecule has 0 saturated carbocycles. The van der Waals surface area contributed by atoms with E-state index >= 15 is 0 Å². The molecule has 9 nitrogen and oxygen atoms in total. The molecule has 0 fully saturated rings. The number of hydrogen-bond donors (Lipinski definition) is 2. The van der Waals surface area contributed by atoms with E-state index < -0.39 is 11.8 Å². The summed E-state index contributed by atoms with van der Waals surface area (Å²) in [5, 5.41) is 3.90. The van der Waals surface area contributed by atoms with E-state index in [1.54, 1.807) is 42.5 Å². The quantitative estimate of drug-likeness (QED) is 0.341. The number of rotatable bonds is 10. The zero-order valence-corrected chi connectivity index (χ0v) is 19.8. The predicted molar refractivity (Wildman–Crippen MR) is 125 cm³/mol. The fourth-order valence-corrected chi connectivity index (χ4v) is 3.08. The van der Waals surface area contributed by atoms with Gasteiger partial charge in [-0.1, -0.05) is 18.5 Å². The zero-order chi connectivity index (χ0) is 24.5. The zero-order valence-electron chi connectivity index (χ0n) is 19.8. The van der Waals surface area contributed by atoms with Crippen LogP contribution in [-0.4, -0.2) is 30.7 Å². The highest BCUT2D eigenvalue weighted by Crippen LogP contribution is 2.28. The highest BCUT2D eigenvalue weighted by atomic mass is 16.5. The summed E-state index contributed by atoms with van der Waals surface area (Å²) in [5.74, 6) is 1.37. The van der Waals surface area contributed by atoms with Gasteiger partial charge in [0.05, 0.1) is 25.0 Å². The van der Waals surface area contributed by atoms with Crippen molar-refractivity contribution in [3.63, 3.8) is 0 Å². The summed E-state index contributed by atoms with van der Waals surface area (Å²) in [7, 11) is 1.51. The smallest absolute Gasteiger partial charge is 0.269 e. The highest BCUT2D eigenvalue weighted by molar-refractivity contribution is 5.99. The summed E-state index contributed by atoms with van der Waals surface area (Å²) in [5.41, 5.74) is 7.17. The fourth-order valence-electron chi connectivity index (χ4n) is 3.08. The minimum atomic E-state index is -0.480. The molecule has 3 rings (SSSR count). The molecule has 0 radical (unpaired) electrons. The van der Waals surface area contributed by atoms with Crippen molar-refractivity contribution in [1.82, 2.24) is 16.0 Å². The number of nitrogens with one attached hydrogen (secondary N) is 2. The number of hydrazine groups is 1. The maximum atomic E-state index is 12.5. The van der Waals surface area contributed by atoms with E-state index in [0.717, 1.165) is 24.1 Å². The van der Waals surface area contributed by atoms with E-state index in [0.29, 0.717) is 47.3 Å². The predicted octanol–water partition coefficient (Wildman–Crippen LogP) is 4.13. The average Bonchev–Trinajstić information content (AvgIpc) is 3.18. The number of ether oxygens (including phenoxy) is 3. The summed E-state index contributed by atoms with van der Waals surface area (Å²) in [6, 6.07) is 11.4. The molecule has 0 saturated heterocycles. The SMILES string of the molecule is CCCCOc1ccc(C(=O)NNC(=O)c2ccc(OCc3c(C)noc3C)cc2)cc1OC. The Morgan fingerprint density at radius 2 is 1.62 bits per heavy atom. The first-order valence-electron chi connectivity index (χ1n) is 11.0. The van der Waals surface area contributed by atoms with Crippen LogP contribution in [0.15, 0.2) is 47.0 Å². The lowest BCUT2D eigenvalue weighted by molar-refractivity contribution is 0.0846. The van der Waals surface area contributed by atoms with E-state index in [9.17, 15) is 9.59 Å². The molecular weight excluding hydrogens is 438 g/mol. The van der Waals surface area contributed by atoms with Gasteiger partial charge in [0, 0.05) is 11.1 Å². The van der Waals surface area contributed by atoms with Crippen LogP contribution in [0.4, 0.5) is 0 Å². The van der Waals surface area contributed by atoms with Crippen molar-refractivity contribution in [1.29, 1.82) is 0 Å². The number of unbranched alkanes of at least 4 members (excludes halogenated alkanes) is 1. The summed E-state index contributed by atoms with van der Waals surface area (Å²) in [4.78, 5) is 24.9. The maximum Gasteiger partial charge on any atom is 0.269 e. The van der Waals surface area contributed by atoms with Gasteiger partial charge in [0.1, 0.15) is 18.1 Å². The van der Waals surface area contributed by atoms with Crippen LogP contribution < -0.4 is 25.1 Å². The number of carbonyl (C=O) groups excluding carboxylic acids is 2. The van der Waals surface area contributed by atoms with Gasteiger partial charge in [-0.05, 0) is 62.7 Å². The van der Waals surface area contributed by atoms with Gasteiger partial charge in [-0.3, -0.25) is 20.4 Å². The Balaban J connectivity index is 1.53. The second-order valence-corrected chi connectivity index (χ2v) is 7.59. The third kappa shape index (κ3) is 6.28. The van der Waals surface area contributed by atoms with Crippen LogP contribution in [0.1, 0.15) is 57.5 Å². The van der Waals surface area contributed by atoms with Crippen LogP contribution >= 0.6 is 0 Å². The summed E-state index contributed by atoms with van der Waals surface area (Å²) < 4.78 is 21.9. The van der Waals surface area contributed by atoms with Gasteiger partial charge in [-0.15, -0.1) is 0 Å². The number of benzene rings is 2. The fraction of sp³-hybridized carbons (Fsp3) is 0.320. The summed E-state index contributed by atoms with van der Waals surface area (Å²) in [6.07, 6.45) is 1.94. The van der Waals surface area contributed by atoms with Crippen LogP contribution in [0.3, 0.4) is 0 Å². The van der Waals surface area contributed by atoms with E-state index in [-0.39, 0.29) is 0 Å². The Kier molecular flexibility index (Phi) is 8.50. The van der Waals surface area contributed by atoms with Gasteiger partial charge in [0.25, 0.3) is 11.8 Å². The standard InChI is InChI=1S/C25H29N3O6/c1-5-6-13-32-22-12-9-19(14-23(22)31-4)25(30)27-26-24(29)18-7-10-20(11-8-18)33-15-21-16(2)28-34-17(21)3/h7-12,14H,5-6,13,15H2,1-4H3,(H,26,29)(H,27,30). The molecule has 0 aliphatic heterocycles. The van der Waals surface area contributed by atoms with Gasteiger partial charge in [-0.25, -0.2) is 0 Å². The lowest BCUT2D eigenvalue weighted by Crippen LogP contribution is -2.41. The van der Waals surface area contributed by atoms with Crippen molar-refractivity contribution in [3.05, 3.63) is 70.6 Å². The molecule has 0 aliphatic carbocycles. The first-order chi connectivity index (χ1) is 16.4. The van der Waals surface area contributed by atoms with Gasteiger partial charge in [0.2, 0.25) is 0 Å². The maximum absolute atomic E-state index is 12.5. The van der Waals surface area contributed by atoms with Crippen molar-refractivity contribution in [2.45, 2.75) is 40.2 Å². The van der Waals surface area contributed by atoms with Crippen molar-refractivity contribution in [2.24, 2.45) is 0 Å². The lowest BCUT2D eigenvalue weighted by atomic mass is 10.2. The normalized spacial score (nSPS) is 10.5. The Morgan fingerprint density at radius 1 is 0.941 bits per heavy atom. The molecule has 3 aromatic rings. The Bertz CT molecular complexity index is 1100. The molecule has 2 N–H and O–H groups in total. The van der Waals surface area contributed by atoms with Crippen LogP contribution in [0, 0.1) is 13.8 Å². The highest BCUT2D eigenvalue weighted by Gasteiger charge is 2.14. The first-order valence-corrected chi connectivity index (χ1v) is 11.0. The van der Waals surface area contributed by atoms with E-state index in [4.69, 9.17) is 18.7 Å². The molecule has 1 aromatic heterocycles. The number of nitrogens with zero attached hydrogens (tertiary/aromatic N) is 1. The molecule has 1 heterocycles. The average molecular weight is 468 g/mol. The summed E-state index contributed by atoms with van der Waals surface area (Å²) >= 11 is 0. The molecule has 0 aliphatic rings. The minimum Gasteiger partial charge on any atom is -0.493 e. The molecule has 0 spiro atoms. The van der Waals surface area contributed by atoms with Crippen molar-refractivity contribution >= 4 is 11.8 Å². The molecule has 0 unspecified atom stereocenters. The van der Waals surface area contributed by atoms with E-state index in [1.807, 2.05) is 13.8 Å². The number of aromatic nitrogens is 1. The van der Waals surface area contributed by atoms with Gasteiger partial charge in [-0.2, -0.15) is 0 Å². The van der Waals surface area contributed by atoms with Crippen LogP contribution in [0.2, 0.25) is 0 Å². The van der Waals surface area contributed by atoms with Crippen molar-refractivity contribution < 1.29 is 28.3 Å². The largest absolute Gasteiger partial charge is 0.493 e. The van der Waals surface area contributed by atoms with Crippen molar-refractivity contribution in [3.8, 4) is 17.2 Å². The van der Waals surface area contributed by atoms with Gasteiger partial charge in [0.15, 0.2) is 11.5 Å². The Hall–Kier alpha value is -4.01. The molecule has 0 bridgehead atoms. The Labute approximate surface area is 198 Å². The molecular formula is C25H29N3O6. The molecule has 180 valence electrons. The number of aryl methyl sites for hydroxylation is 2. The van der Waals surface area contributed by atoms with Crippen LogP contribution in [0.5, 0.6) is 17.2 Å². The second kappa shape index (κ2) is 11.7. The molecule has 9 heteroatoms. The lowest BCUT2D eigenvalue weighted by Gasteiger charge is -2.12. The second-order valence-electron chi connectivity index (χ2n) is 7.59. The summed E-state index contributed by atoms with van der Waals surface area (Å²) in [6.45, 7) is 6.63. The van der Waals surface area contributed by atoms with E-state index in [1.165, 1.54) is 7.11 Å². The third-order valence-electron chi connectivity index (χ3n) is 5.15. The number of hydrogen-bond acceptors (Lipinski definition) is 7. The van der Waals surface area contributed by atoms with Gasteiger partial charge < -0.3 is 18.7 Å². The number of carbonyl (C=O) groups is 2. The van der Waals surface area contributed by atoms with Crippen LogP contribution in [-0.2, 0) is 6.61 Å². The first kappa shape index (κ1) is 24.6. The number of methoxy groups -OCH3 is 1. The Morgan fingerprint density at radius 3 is 2.24 bits per heavy atom. The molecule has 2 aromatic carbocycles. The number of amides is 2. The monoisotopic (exact) mass is 467 g/mol. The molecule has 34 heavy (non-hydrogen) atoms. The van der Waals surface area contributed by atoms with Crippen molar-refractivity contribution in [2.75, 3.05) is 13.7 Å². The molecule has 2 amide bonds. The third-order valence-corrected chi connectivity index (χ3v) is 5.15. The van der Waals surface area contributed by atoms with Gasteiger partial charge >= 0.3 is 0 Å². The molecule has 0 atom stereocenters. The van der Waals surface area contributed by atoms with E-state index in [2.05, 4.69) is 22.9 Å². The topological polar surface area (TPSA) is 112 Å².